The molecule has 1 aromatic rings. The SMILES string of the molecule is CC(=O)OCCC(Cl)c1ccccc1Br. The third-order valence-corrected chi connectivity index (χ3v) is 3.09. The molecule has 0 radical (unpaired) electrons. The van der Waals surface area contributed by atoms with Gasteiger partial charge in [0.15, 0.2) is 0 Å². The molecule has 0 N–H and O–H groups in total. The number of rotatable bonds is 4. The molecule has 82 valence electrons. The van der Waals surface area contributed by atoms with E-state index in [1.54, 1.807) is 0 Å². The van der Waals surface area contributed by atoms with Gasteiger partial charge in [-0.15, -0.1) is 11.6 Å². The number of esters is 1. The molecule has 0 aromatic heterocycles. The average Bonchev–Trinajstić information content (AvgIpc) is 2.17. The fraction of sp³-hybridized carbons (Fsp3) is 0.364. The van der Waals surface area contributed by atoms with Crippen molar-refractivity contribution >= 4 is 33.5 Å². The van der Waals surface area contributed by atoms with Crippen LogP contribution in [0.3, 0.4) is 0 Å². The number of halogens is 2. The molecule has 0 aliphatic heterocycles. The van der Waals surface area contributed by atoms with Crippen LogP contribution in [0.5, 0.6) is 0 Å². The van der Waals surface area contributed by atoms with E-state index in [0.717, 1.165) is 10.0 Å². The maximum atomic E-state index is 10.6. The monoisotopic (exact) mass is 290 g/mol. The molecule has 0 bridgehead atoms. The maximum Gasteiger partial charge on any atom is 0.302 e. The van der Waals surface area contributed by atoms with E-state index in [2.05, 4.69) is 15.9 Å². The van der Waals surface area contributed by atoms with E-state index < -0.39 is 0 Å². The van der Waals surface area contributed by atoms with Gasteiger partial charge in [-0.25, -0.2) is 0 Å². The number of ether oxygens (including phenoxy) is 1. The number of hydrogen-bond acceptors (Lipinski definition) is 2. The summed E-state index contributed by atoms with van der Waals surface area (Å²) in [6.07, 6.45) is 0.615. The minimum Gasteiger partial charge on any atom is -0.466 e. The van der Waals surface area contributed by atoms with E-state index in [4.69, 9.17) is 16.3 Å². The van der Waals surface area contributed by atoms with Gasteiger partial charge in [0.25, 0.3) is 0 Å². The summed E-state index contributed by atoms with van der Waals surface area (Å²) in [5.41, 5.74) is 1.02. The quantitative estimate of drug-likeness (QED) is 0.625. The van der Waals surface area contributed by atoms with Crippen LogP contribution in [0.15, 0.2) is 28.7 Å². The summed E-state index contributed by atoms with van der Waals surface area (Å²) in [5, 5.41) is -0.139. The maximum absolute atomic E-state index is 10.6. The summed E-state index contributed by atoms with van der Waals surface area (Å²) in [7, 11) is 0. The molecule has 2 nitrogen and oxygen atoms in total. The first kappa shape index (κ1) is 12.5. The first-order valence-corrected chi connectivity index (χ1v) is 5.86. The van der Waals surface area contributed by atoms with Crippen LogP contribution in [0.4, 0.5) is 0 Å². The average molecular weight is 292 g/mol. The number of carbonyl (C=O) groups is 1. The zero-order chi connectivity index (χ0) is 11.3. The summed E-state index contributed by atoms with van der Waals surface area (Å²) in [6.45, 7) is 1.74. The molecule has 1 unspecified atom stereocenters. The number of alkyl halides is 1. The Morgan fingerprint density at radius 1 is 1.53 bits per heavy atom. The molecule has 0 saturated heterocycles. The van der Waals surface area contributed by atoms with E-state index >= 15 is 0 Å². The highest BCUT2D eigenvalue weighted by atomic mass is 79.9. The Morgan fingerprint density at radius 2 is 2.20 bits per heavy atom. The molecule has 1 aromatic carbocycles. The Bertz CT molecular complexity index is 341. The second kappa shape index (κ2) is 6.13. The van der Waals surface area contributed by atoms with Crippen LogP contribution >= 0.6 is 27.5 Å². The zero-order valence-electron chi connectivity index (χ0n) is 8.37. The van der Waals surface area contributed by atoms with Crippen LogP contribution in [-0.4, -0.2) is 12.6 Å². The highest BCUT2D eigenvalue weighted by Crippen LogP contribution is 2.30. The molecule has 1 rings (SSSR count). The van der Waals surface area contributed by atoms with Crippen molar-refractivity contribution in [3.05, 3.63) is 34.3 Å². The van der Waals surface area contributed by atoms with Crippen molar-refractivity contribution in [1.82, 2.24) is 0 Å². The molecule has 0 aliphatic rings. The van der Waals surface area contributed by atoms with Crippen molar-refractivity contribution in [3.63, 3.8) is 0 Å². The van der Waals surface area contributed by atoms with Crippen molar-refractivity contribution in [2.24, 2.45) is 0 Å². The van der Waals surface area contributed by atoms with E-state index in [0.29, 0.717) is 13.0 Å². The Kier molecular flexibility index (Phi) is 5.12. The molecular formula is C11H12BrClO2. The van der Waals surface area contributed by atoms with Crippen LogP contribution in [0, 0.1) is 0 Å². The topological polar surface area (TPSA) is 26.3 Å². The zero-order valence-corrected chi connectivity index (χ0v) is 10.7. The first-order valence-electron chi connectivity index (χ1n) is 4.63. The second-order valence-electron chi connectivity index (χ2n) is 3.12. The minimum absolute atomic E-state index is 0.139. The molecule has 0 heterocycles. The Morgan fingerprint density at radius 3 is 2.80 bits per heavy atom. The summed E-state index contributed by atoms with van der Waals surface area (Å²) in [6, 6.07) is 7.76. The number of carbonyl (C=O) groups excluding carboxylic acids is 1. The third-order valence-electron chi connectivity index (χ3n) is 1.92. The lowest BCUT2D eigenvalue weighted by molar-refractivity contribution is -0.141. The second-order valence-corrected chi connectivity index (χ2v) is 4.50. The van der Waals surface area contributed by atoms with E-state index in [1.165, 1.54) is 6.92 Å². The molecule has 0 fully saturated rings. The van der Waals surface area contributed by atoms with Crippen molar-refractivity contribution in [2.75, 3.05) is 6.61 Å². The number of hydrogen-bond donors (Lipinski definition) is 0. The first-order chi connectivity index (χ1) is 7.11. The van der Waals surface area contributed by atoms with Gasteiger partial charge in [0.1, 0.15) is 0 Å². The summed E-state index contributed by atoms with van der Waals surface area (Å²) in [4.78, 5) is 10.6. The molecule has 15 heavy (non-hydrogen) atoms. The highest BCUT2D eigenvalue weighted by Gasteiger charge is 2.11. The lowest BCUT2D eigenvalue weighted by atomic mass is 10.1. The molecular weight excluding hydrogens is 279 g/mol. The smallest absolute Gasteiger partial charge is 0.302 e. The van der Waals surface area contributed by atoms with E-state index in [9.17, 15) is 4.79 Å². The fourth-order valence-corrected chi connectivity index (χ4v) is 2.16. The predicted octanol–water partition coefficient (Wildman–Crippen LogP) is 3.68. The molecule has 0 saturated carbocycles. The van der Waals surface area contributed by atoms with Crippen LogP contribution in [0.1, 0.15) is 24.3 Å². The van der Waals surface area contributed by atoms with Crippen LogP contribution < -0.4 is 0 Å². The van der Waals surface area contributed by atoms with Gasteiger partial charge in [-0.2, -0.15) is 0 Å². The normalized spacial score (nSPS) is 12.2. The van der Waals surface area contributed by atoms with Crippen LogP contribution in [0.25, 0.3) is 0 Å². The molecule has 4 heteroatoms. The lowest BCUT2D eigenvalue weighted by Gasteiger charge is -2.11. The van der Waals surface area contributed by atoms with Gasteiger partial charge in [-0.05, 0) is 11.6 Å². The third kappa shape index (κ3) is 4.22. The van der Waals surface area contributed by atoms with Gasteiger partial charge in [0, 0.05) is 17.8 Å². The molecule has 1 atom stereocenters. The minimum atomic E-state index is -0.272. The highest BCUT2D eigenvalue weighted by molar-refractivity contribution is 9.10. The van der Waals surface area contributed by atoms with Crippen molar-refractivity contribution in [3.8, 4) is 0 Å². The summed E-state index contributed by atoms with van der Waals surface area (Å²) >= 11 is 9.60. The predicted molar refractivity (Wildman–Crippen MR) is 64.0 cm³/mol. The van der Waals surface area contributed by atoms with Gasteiger partial charge < -0.3 is 4.74 Å². The molecule has 0 aliphatic carbocycles. The lowest BCUT2D eigenvalue weighted by Crippen LogP contribution is -2.03. The van der Waals surface area contributed by atoms with E-state index in [1.807, 2.05) is 24.3 Å². The van der Waals surface area contributed by atoms with Gasteiger partial charge in [-0.1, -0.05) is 34.1 Å². The van der Waals surface area contributed by atoms with Gasteiger partial charge in [-0.3, -0.25) is 4.79 Å². The Hall–Kier alpha value is -0.540. The van der Waals surface area contributed by atoms with Gasteiger partial charge in [0.2, 0.25) is 0 Å². The number of benzene rings is 1. The van der Waals surface area contributed by atoms with Crippen LogP contribution in [0.2, 0.25) is 0 Å². The largest absolute Gasteiger partial charge is 0.466 e. The van der Waals surface area contributed by atoms with Gasteiger partial charge >= 0.3 is 5.97 Å². The summed E-state index contributed by atoms with van der Waals surface area (Å²) in [5.74, 6) is -0.272. The molecule has 0 spiro atoms. The fourth-order valence-electron chi connectivity index (χ4n) is 1.19. The molecule has 0 amide bonds. The van der Waals surface area contributed by atoms with E-state index in [-0.39, 0.29) is 11.3 Å². The Balaban J connectivity index is 2.50. The van der Waals surface area contributed by atoms with Crippen molar-refractivity contribution in [1.29, 1.82) is 0 Å². The van der Waals surface area contributed by atoms with Gasteiger partial charge in [0.05, 0.1) is 12.0 Å². The summed E-state index contributed by atoms with van der Waals surface area (Å²) < 4.78 is 5.81. The Labute approximate surface area is 103 Å². The van der Waals surface area contributed by atoms with Crippen LogP contribution in [-0.2, 0) is 9.53 Å². The van der Waals surface area contributed by atoms with Crippen molar-refractivity contribution < 1.29 is 9.53 Å². The van der Waals surface area contributed by atoms with Crippen molar-refractivity contribution in [2.45, 2.75) is 18.7 Å². The standard InChI is InChI=1S/C11H12BrClO2/c1-8(14)15-7-6-11(13)9-4-2-3-5-10(9)12/h2-5,11H,6-7H2,1H3.